The molecule has 1 unspecified atom stereocenters. The normalized spacial score (nSPS) is 16.3. The third-order valence-electron chi connectivity index (χ3n) is 5.32. The summed E-state index contributed by atoms with van der Waals surface area (Å²) >= 11 is 0. The minimum atomic E-state index is -0.0883. The van der Waals surface area contributed by atoms with Gasteiger partial charge in [0.1, 0.15) is 17.3 Å². The van der Waals surface area contributed by atoms with Crippen molar-refractivity contribution in [3.63, 3.8) is 0 Å². The number of nitrogens with zero attached hydrogens (tertiary/aromatic N) is 4. The van der Waals surface area contributed by atoms with E-state index in [1.165, 1.54) is 0 Å². The zero-order valence-corrected chi connectivity index (χ0v) is 17.1. The topological polar surface area (TPSA) is 81.4 Å². The number of hydrogen-bond acceptors (Lipinski definition) is 6. The van der Waals surface area contributed by atoms with Gasteiger partial charge in [-0.25, -0.2) is 9.97 Å². The van der Waals surface area contributed by atoms with Crippen LogP contribution in [0.2, 0.25) is 0 Å². The first kappa shape index (κ1) is 19.1. The molecule has 0 radical (unpaired) electrons. The van der Waals surface area contributed by atoms with Gasteiger partial charge < -0.3 is 14.2 Å². The molecule has 1 aliphatic heterocycles. The Bertz CT molecular complexity index is 1040. The Morgan fingerprint density at radius 3 is 2.76 bits per heavy atom. The number of methoxy groups -OCH3 is 1. The molecule has 150 valence electrons. The lowest BCUT2D eigenvalue weighted by Gasteiger charge is -2.25. The molecule has 0 bridgehead atoms. The molecule has 7 nitrogen and oxygen atoms in total. The molecular formula is C22H24N4O3. The van der Waals surface area contributed by atoms with Crippen LogP contribution < -0.4 is 4.74 Å². The smallest absolute Gasteiger partial charge is 0.254 e. The highest BCUT2D eigenvalue weighted by Crippen LogP contribution is 2.35. The van der Waals surface area contributed by atoms with Gasteiger partial charge in [0.2, 0.25) is 0 Å². The monoisotopic (exact) mass is 392 g/mol. The average Bonchev–Trinajstić information content (AvgIpc) is 3.33. The summed E-state index contributed by atoms with van der Waals surface area (Å²) in [5.74, 6) is 2.05. The number of benzene rings is 1. The van der Waals surface area contributed by atoms with Crippen LogP contribution in [0.15, 0.2) is 34.9 Å². The van der Waals surface area contributed by atoms with E-state index in [9.17, 15) is 4.79 Å². The summed E-state index contributed by atoms with van der Waals surface area (Å²) < 4.78 is 10.6. The zero-order valence-electron chi connectivity index (χ0n) is 17.1. The number of hydrogen-bond donors (Lipinski definition) is 0. The van der Waals surface area contributed by atoms with E-state index in [4.69, 9.17) is 9.26 Å². The highest BCUT2D eigenvalue weighted by molar-refractivity contribution is 5.95. The van der Waals surface area contributed by atoms with Crippen LogP contribution in [0.25, 0.3) is 11.3 Å². The lowest BCUT2D eigenvalue weighted by molar-refractivity contribution is 0.0732. The van der Waals surface area contributed by atoms with Crippen LogP contribution in [0, 0.1) is 20.8 Å². The Labute approximate surface area is 169 Å². The van der Waals surface area contributed by atoms with Gasteiger partial charge >= 0.3 is 0 Å². The number of aryl methyl sites for hydroxylation is 3. The van der Waals surface area contributed by atoms with E-state index < -0.39 is 0 Å². The number of rotatable bonds is 4. The van der Waals surface area contributed by atoms with E-state index >= 15 is 0 Å². The lowest BCUT2D eigenvalue weighted by atomic mass is 10.0. The molecule has 1 fully saturated rings. The zero-order chi connectivity index (χ0) is 20.5. The maximum atomic E-state index is 13.2. The van der Waals surface area contributed by atoms with Crippen molar-refractivity contribution >= 4 is 5.91 Å². The second-order valence-electron chi connectivity index (χ2n) is 7.31. The van der Waals surface area contributed by atoms with Gasteiger partial charge in [-0.1, -0.05) is 11.2 Å². The standard InChI is InChI=1S/C22H24N4O3/c1-13-21(14(2)29-25-13)19-12-18(23-15(3)24-19)20-9-6-10-26(20)22(27)16-7-5-8-17(11-16)28-4/h5,7-8,11-12,20H,6,9-10H2,1-4H3. The molecular weight excluding hydrogens is 368 g/mol. The van der Waals surface area contributed by atoms with E-state index in [1.54, 1.807) is 13.2 Å². The Morgan fingerprint density at radius 2 is 2.03 bits per heavy atom. The van der Waals surface area contributed by atoms with Crippen LogP contribution in [0.5, 0.6) is 5.75 Å². The van der Waals surface area contributed by atoms with Crippen LogP contribution >= 0.6 is 0 Å². The van der Waals surface area contributed by atoms with E-state index in [1.807, 2.05) is 49.9 Å². The summed E-state index contributed by atoms with van der Waals surface area (Å²) in [6, 6.07) is 9.14. The summed E-state index contributed by atoms with van der Waals surface area (Å²) in [6.07, 6.45) is 1.80. The van der Waals surface area contributed by atoms with Gasteiger partial charge in [0.25, 0.3) is 5.91 Å². The third kappa shape index (κ3) is 3.60. The Kier molecular flexibility index (Phi) is 5.05. The van der Waals surface area contributed by atoms with Gasteiger partial charge in [0.15, 0.2) is 0 Å². The Balaban J connectivity index is 1.69. The lowest BCUT2D eigenvalue weighted by Crippen LogP contribution is -2.31. The molecule has 2 aromatic heterocycles. The summed E-state index contributed by atoms with van der Waals surface area (Å²) in [4.78, 5) is 24.4. The molecule has 4 rings (SSSR count). The highest BCUT2D eigenvalue weighted by atomic mass is 16.5. The van der Waals surface area contributed by atoms with Crippen LogP contribution in [0.1, 0.15) is 52.2 Å². The van der Waals surface area contributed by atoms with Crippen LogP contribution in [-0.4, -0.2) is 39.6 Å². The minimum absolute atomic E-state index is 0.0124. The average molecular weight is 392 g/mol. The fraction of sp³-hybridized carbons (Fsp3) is 0.364. The van der Waals surface area contributed by atoms with Crippen molar-refractivity contribution in [3.05, 3.63) is 58.9 Å². The largest absolute Gasteiger partial charge is 0.497 e. The molecule has 1 aliphatic rings. The van der Waals surface area contributed by atoms with Gasteiger partial charge in [-0.05, 0) is 57.9 Å². The second kappa shape index (κ2) is 7.66. The van der Waals surface area contributed by atoms with Crippen molar-refractivity contribution in [2.45, 2.75) is 39.7 Å². The maximum Gasteiger partial charge on any atom is 0.254 e. The molecule has 1 atom stereocenters. The van der Waals surface area contributed by atoms with Gasteiger partial charge in [0, 0.05) is 12.1 Å². The predicted molar refractivity (Wildman–Crippen MR) is 108 cm³/mol. The SMILES string of the molecule is COc1cccc(C(=O)N2CCCC2c2cc(-c3c(C)noc3C)nc(C)n2)c1. The van der Waals surface area contributed by atoms with Crippen molar-refractivity contribution in [1.29, 1.82) is 0 Å². The molecule has 0 spiro atoms. The Morgan fingerprint density at radius 1 is 1.21 bits per heavy atom. The van der Waals surface area contributed by atoms with Crippen molar-refractivity contribution in [1.82, 2.24) is 20.0 Å². The summed E-state index contributed by atoms with van der Waals surface area (Å²) in [7, 11) is 1.60. The number of carbonyl (C=O) groups is 1. The second-order valence-corrected chi connectivity index (χ2v) is 7.31. The molecule has 1 saturated heterocycles. The molecule has 3 aromatic rings. The van der Waals surface area contributed by atoms with Crippen molar-refractivity contribution in [2.75, 3.05) is 13.7 Å². The first-order valence-electron chi connectivity index (χ1n) is 9.71. The Hall–Kier alpha value is -3.22. The summed E-state index contributed by atoms with van der Waals surface area (Å²) in [5, 5.41) is 4.04. The number of likely N-dealkylation sites (tertiary alicyclic amines) is 1. The third-order valence-corrected chi connectivity index (χ3v) is 5.32. The number of amides is 1. The van der Waals surface area contributed by atoms with Crippen molar-refractivity contribution in [2.24, 2.45) is 0 Å². The molecule has 29 heavy (non-hydrogen) atoms. The van der Waals surface area contributed by atoms with Gasteiger partial charge in [-0.3, -0.25) is 4.79 Å². The van der Waals surface area contributed by atoms with Crippen LogP contribution in [-0.2, 0) is 0 Å². The molecule has 7 heteroatoms. The van der Waals surface area contributed by atoms with Gasteiger partial charge in [-0.2, -0.15) is 0 Å². The molecule has 0 aliphatic carbocycles. The molecule has 0 saturated carbocycles. The van der Waals surface area contributed by atoms with Crippen molar-refractivity contribution in [3.8, 4) is 17.0 Å². The number of ether oxygens (including phenoxy) is 1. The maximum absolute atomic E-state index is 13.2. The molecule has 1 amide bonds. The fourth-order valence-electron chi connectivity index (χ4n) is 3.98. The molecule has 0 N–H and O–H groups in total. The predicted octanol–water partition coefficient (Wildman–Crippen LogP) is 4.04. The van der Waals surface area contributed by atoms with Crippen molar-refractivity contribution < 1.29 is 14.1 Å². The first-order chi connectivity index (χ1) is 14.0. The minimum Gasteiger partial charge on any atom is -0.497 e. The van der Waals surface area contributed by atoms with Crippen LogP contribution in [0.4, 0.5) is 0 Å². The van der Waals surface area contributed by atoms with E-state index in [2.05, 4.69) is 15.1 Å². The molecule has 1 aromatic carbocycles. The summed E-state index contributed by atoms with van der Waals surface area (Å²) in [6.45, 7) is 6.34. The summed E-state index contributed by atoms with van der Waals surface area (Å²) in [5.41, 5.74) is 3.93. The van der Waals surface area contributed by atoms with Crippen LogP contribution in [0.3, 0.4) is 0 Å². The fourth-order valence-corrected chi connectivity index (χ4v) is 3.98. The highest BCUT2D eigenvalue weighted by Gasteiger charge is 2.32. The van der Waals surface area contributed by atoms with Gasteiger partial charge in [-0.15, -0.1) is 0 Å². The van der Waals surface area contributed by atoms with Gasteiger partial charge in [0.05, 0.1) is 35.8 Å². The van der Waals surface area contributed by atoms with E-state index in [-0.39, 0.29) is 11.9 Å². The number of aromatic nitrogens is 3. The van der Waals surface area contributed by atoms with E-state index in [0.29, 0.717) is 23.7 Å². The van der Waals surface area contributed by atoms with E-state index in [0.717, 1.165) is 41.2 Å². The number of carbonyl (C=O) groups excluding carboxylic acids is 1. The quantitative estimate of drug-likeness (QED) is 0.666. The molecule has 3 heterocycles. The first-order valence-corrected chi connectivity index (χ1v) is 9.71.